The highest BCUT2D eigenvalue weighted by atomic mass is 32.2. The number of aliphatic hydroxyl groups excluding tert-OH is 3. The lowest BCUT2D eigenvalue weighted by Crippen LogP contribution is -2.50. The second-order valence-electron chi connectivity index (χ2n) is 29.5. The van der Waals surface area contributed by atoms with Crippen LogP contribution in [0.25, 0.3) is 33.4 Å². The fourth-order valence-corrected chi connectivity index (χ4v) is 16.2. The third-order valence-electron chi connectivity index (χ3n) is 21.2. The van der Waals surface area contributed by atoms with Gasteiger partial charge in [-0.15, -0.1) is 0 Å². The largest absolute Gasteiger partial charge is 0.508 e. The number of allylic oxidation sites excluding steroid dienone is 3. The van der Waals surface area contributed by atoms with Gasteiger partial charge in [0.05, 0.1) is 5.25 Å². The molecule has 17 nitrogen and oxygen atoms in total. The van der Waals surface area contributed by atoms with E-state index in [1.54, 1.807) is 24.3 Å². The molecule has 0 radical (unpaired) electrons. The van der Waals surface area contributed by atoms with Gasteiger partial charge in [-0.3, -0.25) is 20.0 Å². The third kappa shape index (κ3) is 22.5. The first-order valence-corrected chi connectivity index (χ1v) is 40.9. The monoisotopic (exact) mass is 1510 g/mol. The maximum Gasteiger partial charge on any atom is 0.312 e. The molecule has 582 valence electrons. The lowest BCUT2D eigenvalue weighted by molar-refractivity contribution is -0.114. The van der Waals surface area contributed by atoms with Crippen molar-refractivity contribution in [2.45, 2.75) is 103 Å². The van der Waals surface area contributed by atoms with Gasteiger partial charge >= 0.3 is 10.1 Å². The van der Waals surface area contributed by atoms with Crippen LogP contribution in [0.1, 0.15) is 136 Å². The first-order chi connectivity index (χ1) is 53.9. The van der Waals surface area contributed by atoms with Gasteiger partial charge in [0, 0.05) is 140 Å². The lowest BCUT2D eigenvalue weighted by Gasteiger charge is -2.38. The fourth-order valence-electron chi connectivity index (χ4n) is 15.0. The van der Waals surface area contributed by atoms with E-state index in [4.69, 9.17) is 15.3 Å². The second kappa shape index (κ2) is 40.1. The predicted molar refractivity (Wildman–Crippen MR) is 457 cm³/mol. The number of benzene rings is 9. The van der Waals surface area contributed by atoms with E-state index in [2.05, 4.69) is 191 Å². The van der Waals surface area contributed by atoms with Gasteiger partial charge in [0.25, 0.3) is 0 Å². The molecule has 0 atom stereocenters. The van der Waals surface area contributed by atoms with Gasteiger partial charge in [0.2, 0.25) is 5.91 Å². The number of rotatable bonds is 27. The van der Waals surface area contributed by atoms with Gasteiger partial charge in [0.1, 0.15) is 11.5 Å². The van der Waals surface area contributed by atoms with Crippen molar-refractivity contribution in [3.63, 3.8) is 0 Å². The molecule has 8 N–H and O–H groups in total. The molecule has 3 saturated heterocycles. The number of nitrogens with one attached hydrogen (secondary N) is 2. The standard InChI is InChI=1S/C33H40N2O4S.C32H39N3O2.C28H32N4O2/c1-25(2)34-20-22-35(23-21-34)29-14-10-27(11-15-29)33(32(9-6-24-36)26-7-4-3-5-8-26)28-12-16-30(17-13-28)39-40(37,38)31-18-19-31;1-24(2)34-19-21-35(22-20-34)30-17-13-28(14-18-30)32(27-11-15-29(16-12-27)33-25(3)37)31(10-7-23-36)26-8-5-4-6-9-26;29-28(30)32-18-16-31(17-19-32)24-12-8-22(9-13-24)27(23-10-14-25(34)15-11-23)26(7-4-20-33)21-5-2-1-3-6-21/h3-5,7-8,10-17,25,31,36H,6,9,18-24H2,1-2H3;4-6,8-9,11-18,24,36H,7,10,19-23H2,1-3H3,(H,33,37);1-3,5-6,8-15,33-34H,4,7,16-20H2,(H3,29,30)/b33-32+;32-31-;27-26+. The van der Waals surface area contributed by atoms with Crippen molar-refractivity contribution in [1.82, 2.24) is 14.7 Å². The number of carbonyl (C=O) groups is 1. The van der Waals surface area contributed by atoms with Crippen molar-refractivity contribution in [1.29, 1.82) is 5.41 Å². The minimum absolute atomic E-state index is 0.0822. The number of hydrogen-bond donors (Lipinski definition) is 7. The van der Waals surface area contributed by atoms with Gasteiger partial charge in [-0.05, 0) is 235 Å². The Morgan fingerprint density at radius 2 is 0.730 bits per heavy atom. The minimum atomic E-state index is -3.57. The number of aliphatic hydroxyl groups is 3. The van der Waals surface area contributed by atoms with Crippen LogP contribution in [0.15, 0.2) is 237 Å². The molecule has 9 aromatic carbocycles. The Balaban J connectivity index is 0.000000165. The zero-order valence-corrected chi connectivity index (χ0v) is 65.9. The molecule has 4 aliphatic rings. The van der Waals surface area contributed by atoms with Crippen LogP contribution in [0.2, 0.25) is 0 Å². The molecule has 111 heavy (non-hydrogen) atoms. The number of aromatic hydroxyl groups is 1. The van der Waals surface area contributed by atoms with Crippen LogP contribution >= 0.6 is 0 Å². The smallest absolute Gasteiger partial charge is 0.312 e. The quantitative estimate of drug-likeness (QED) is 0.0110. The Morgan fingerprint density at radius 3 is 1.02 bits per heavy atom. The van der Waals surface area contributed by atoms with E-state index in [0.29, 0.717) is 56.4 Å². The Kier molecular flexibility index (Phi) is 29.5. The number of amides is 1. The van der Waals surface area contributed by atoms with Gasteiger partial charge in [-0.2, -0.15) is 8.42 Å². The topological polar surface area (TPSA) is 223 Å². The number of nitrogens with zero attached hydrogens (tertiary/aromatic N) is 6. The molecule has 0 bridgehead atoms. The van der Waals surface area contributed by atoms with E-state index in [-0.39, 0.29) is 42.7 Å². The van der Waals surface area contributed by atoms with Crippen LogP contribution < -0.4 is 29.9 Å². The predicted octanol–water partition coefficient (Wildman–Crippen LogP) is 15.9. The van der Waals surface area contributed by atoms with Gasteiger partial charge in [-0.25, -0.2) is 0 Å². The zero-order valence-electron chi connectivity index (χ0n) is 65.1. The number of hydrogen-bond acceptors (Lipinski definition) is 14. The number of piperazine rings is 3. The highest BCUT2D eigenvalue weighted by Gasteiger charge is 2.38. The Bertz CT molecular complexity index is 4630. The summed E-state index contributed by atoms with van der Waals surface area (Å²) in [6, 6.07) is 81.2. The summed E-state index contributed by atoms with van der Waals surface area (Å²) in [4.78, 5) is 25.7. The van der Waals surface area contributed by atoms with Crippen LogP contribution in [0.4, 0.5) is 22.7 Å². The summed E-state index contributed by atoms with van der Waals surface area (Å²) >= 11 is 0. The number of carbonyl (C=O) groups excluding carboxylic acids is 1. The molecule has 0 spiro atoms. The summed E-state index contributed by atoms with van der Waals surface area (Å²) in [6.45, 7) is 22.5. The number of nitrogens with two attached hydrogens (primary N) is 1. The Hall–Kier alpha value is -10.3. The number of guanidine groups is 1. The maximum absolute atomic E-state index is 12.4. The van der Waals surface area contributed by atoms with Crippen LogP contribution in [0.5, 0.6) is 11.5 Å². The van der Waals surface area contributed by atoms with Crippen molar-refractivity contribution in [3.8, 4) is 11.5 Å². The van der Waals surface area contributed by atoms with Crippen molar-refractivity contribution in [2.75, 3.05) is 118 Å². The molecule has 1 amide bonds. The molecular weight excluding hydrogens is 1400 g/mol. The van der Waals surface area contributed by atoms with E-state index >= 15 is 0 Å². The number of phenolic OH excluding ortho intramolecular Hbond substituents is 1. The summed E-state index contributed by atoms with van der Waals surface area (Å²) in [5, 5.41) is 48.9. The van der Waals surface area contributed by atoms with E-state index in [9.17, 15) is 33.6 Å². The molecule has 0 aromatic heterocycles. The average Bonchev–Trinajstić information content (AvgIpc) is 1.29. The Morgan fingerprint density at radius 1 is 0.432 bits per heavy atom. The molecule has 1 aliphatic carbocycles. The molecule has 13 rings (SSSR count). The molecule has 9 aromatic rings. The second-order valence-corrected chi connectivity index (χ2v) is 31.3. The van der Waals surface area contributed by atoms with E-state index in [1.807, 2.05) is 83.8 Å². The van der Waals surface area contributed by atoms with Crippen molar-refractivity contribution >= 4 is 78.2 Å². The van der Waals surface area contributed by atoms with Crippen LogP contribution in [0, 0.1) is 5.41 Å². The first kappa shape index (κ1) is 81.7. The molecule has 3 heterocycles. The molecule has 18 heteroatoms. The van der Waals surface area contributed by atoms with E-state index in [0.717, 1.165) is 175 Å². The van der Waals surface area contributed by atoms with Crippen LogP contribution in [-0.4, -0.2) is 171 Å². The Labute approximate surface area is 657 Å². The highest BCUT2D eigenvalue weighted by molar-refractivity contribution is 7.88. The highest BCUT2D eigenvalue weighted by Crippen LogP contribution is 2.41. The fraction of sp³-hybridized carbons (Fsp3) is 0.333. The summed E-state index contributed by atoms with van der Waals surface area (Å²) < 4.78 is 30.1. The summed E-state index contributed by atoms with van der Waals surface area (Å²) in [5.74, 6) is 0.624. The molecule has 3 aliphatic heterocycles. The molecule has 1 saturated carbocycles. The van der Waals surface area contributed by atoms with Crippen molar-refractivity contribution in [3.05, 3.63) is 287 Å². The van der Waals surface area contributed by atoms with Crippen LogP contribution in [0.3, 0.4) is 0 Å². The maximum atomic E-state index is 12.4. The van der Waals surface area contributed by atoms with E-state index in [1.165, 1.54) is 29.4 Å². The summed E-state index contributed by atoms with van der Waals surface area (Å²) in [5.41, 5.74) is 26.7. The zero-order chi connectivity index (χ0) is 78.2. The van der Waals surface area contributed by atoms with Gasteiger partial charge < -0.3 is 55.3 Å². The van der Waals surface area contributed by atoms with Gasteiger partial charge in [-0.1, -0.05) is 164 Å². The molecular formula is C93H111N9O8S. The summed E-state index contributed by atoms with van der Waals surface area (Å²) in [6.07, 6.45) is 5.56. The van der Waals surface area contributed by atoms with Crippen molar-refractivity contribution < 1.29 is 37.8 Å². The SMILES string of the molecule is CC(=O)Nc1ccc(/C(=C(\CCCO)c2ccccc2)c2ccc(N3CCN(C(C)C)CC3)cc2)cc1.CC(C)N1CCN(c2ccc(/C(=C(/CCCO)c3ccccc3)c3ccc(OS(=O)(=O)C4CC4)cc3)cc2)CC1.N=C(N)N1CCN(c2ccc(/C(=C(/CCCO)c3ccccc3)c3ccc(O)cc3)cc2)CC1. The molecule has 0 unspecified atom stereocenters. The molecule has 4 fully saturated rings. The van der Waals surface area contributed by atoms with Gasteiger partial charge in [0.15, 0.2) is 5.96 Å². The third-order valence-corrected chi connectivity index (χ3v) is 23.0. The number of phenols is 1. The van der Waals surface area contributed by atoms with E-state index < -0.39 is 10.1 Å². The first-order valence-electron chi connectivity index (χ1n) is 39.4. The lowest BCUT2D eigenvalue weighted by atomic mass is 9.87. The normalized spacial score (nSPS) is 15.7. The number of anilines is 4. The van der Waals surface area contributed by atoms with Crippen molar-refractivity contribution in [2.24, 2.45) is 5.73 Å². The summed E-state index contributed by atoms with van der Waals surface area (Å²) in [7, 11) is -3.57. The van der Waals surface area contributed by atoms with Crippen LogP contribution in [-0.2, 0) is 14.9 Å². The minimum Gasteiger partial charge on any atom is -0.508 e. The average molecular weight is 1520 g/mol.